The second kappa shape index (κ2) is 8.30. The van der Waals surface area contributed by atoms with Crippen molar-refractivity contribution in [1.29, 1.82) is 0 Å². The van der Waals surface area contributed by atoms with Gasteiger partial charge in [-0.1, -0.05) is 43.7 Å². The molecule has 0 amide bonds. The van der Waals surface area contributed by atoms with Gasteiger partial charge < -0.3 is 5.73 Å². The molecule has 0 aromatic rings. The Hall–Kier alpha value is -0.820. The van der Waals surface area contributed by atoms with Gasteiger partial charge in [0.15, 0.2) is 0 Å². The van der Waals surface area contributed by atoms with E-state index in [0.29, 0.717) is 0 Å². The second-order valence-electron chi connectivity index (χ2n) is 5.14. The molecule has 1 fully saturated rings. The predicted octanol–water partition coefficient (Wildman–Crippen LogP) is 4.22. The summed E-state index contributed by atoms with van der Waals surface area (Å²) in [5, 5.41) is 0. The molecule has 0 spiro atoms. The van der Waals surface area contributed by atoms with Crippen LogP contribution in [0.1, 0.15) is 45.4 Å². The molecule has 1 nitrogen and oxygen atoms in total. The smallest absolute Gasteiger partial charge is 0.00746 e. The molecule has 1 aliphatic carbocycles. The lowest BCUT2D eigenvalue weighted by molar-refractivity contribution is 0.265. The number of hydrogen-bond donors (Lipinski definition) is 1. The van der Waals surface area contributed by atoms with Crippen molar-refractivity contribution in [1.82, 2.24) is 0 Å². The van der Waals surface area contributed by atoms with Crippen molar-refractivity contribution >= 4 is 0 Å². The molecule has 17 heavy (non-hydrogen) atoms. The minimum Gasteiger partial charge on any atom is -0.330 e. The van der Waals surface area contributed by atoms with Gasteiger partial charge in [-0.25, -0.2) is 0 Å². The van der Waals surface area contributed by atoms with Gasteiger partial charge in [0.2, 0.25) is 0 Å². The molecule has 0 saturated heterocycles. The minimum atomic E-state index is 0.856. The first-order chi connectivity index (χ1) is 8.30. The van der Waals surface area contributed by atoms with Gasteiger partial charge >= 0.3 is 0 Å². The van der Waals surface area contributed by atoms with Crippen LogP contribution >= 0.6 is 0 Å². The van der Waals surface area contributed by atoms with Crippen LogP contribution in [-0.4, -0.2) is 6.54 Å². The third kappa shape index (κ3) is 5.36. The molecular weight excluding hydrogens is 206 g/mol. The van der Waals surface area contributed by atoms with E-state index < -0.39 is 0 Å². The highest BCUT2D eigenvalue weighted by molar-refractivity contribution is 5.22. The summed E-state index contributed by atoms with van der Waals surface area (Å²) in [5.41, 5.74) is 7.00. The largest absolute Gasteiger partial charge is 0.330 e. The van der Waals surface area contributed by atoms with Crippen molar-refractivity contribution in [2.45, 2.75) is 45.4 Å². The van der Waals surface area contributed by atoms with Crippen molar-refractivity contribution < 1.29 is 0 Å². The van der Waals surface area contributed by atoms with Crippen LogP contribution in [0.15, 0.2) is 36.5 Å². The molecule has 0 atom stereocenters. The molecule has 0 aromatic heterocycles. The first-order valence-electron chi connectivity index (χ1n) is 6.94. The van der Waals surface area contributed by atoms with E-state index in [4.69, 9.17) is 5.73 Å². The van der Waals surface area contributed by atoms with Gasteiger partial charge in [-0.15, -0.1) is 0 Å². The zero-order valence-electron chi connectivity index (χ0n) is 11.2. The lowest BCUT2D eigenvalue weighted by Crippen LogP contribution is -2.17. The average Bonchev–Trinajstić information content (AvgIpc) is 2.37. The standard InChI is InChI=1S/C16H27N/c1-3-5-6-14(4-2)13-16-9-7-15(8-10-16)11-12-17/h3-6,15-16H,2,7-13,17H2,1H3/b5-3+,14-6+. The fourth-order valence-electron chi connectivity index (χ4n) is 2.73. The van der Waals surface area contributed by atoms with Crippen molar-refractivity contribution in [3.05, 3.63) is 36.5 Å². The molecule has 0 radical (unpaired) electrons. The number of nitrogens with two attached hydrogens (primary N) is 1. The Morgan fingerprint density at radius 1 is 1.24 bits per heavy atom. The van der Waals surface area contributed by atoms with E-state index in [1.165, 1.54) is 44.1 Å². The minimum absolute atomic E-state index is 0.856. The maximum absolute atomic E-state index is 5.62. The van der Waals surface area contributed by atoms with Crippen LogP contribution in [0, 0.1) is 11.8 Å². The van der Waals surface area contributed by atoms with Crippen LogP contribution in [0.4, 0.5) is 0 Å². The highest BCUT2D eigenvalue weighted by atomic mass is 14.5. The molecule has 1 heteroatoms. The van der Waals surface area contributed by atoms with E-state index >= 15 is 0 Å². The van der Waals surface area contributed by atoms with Gasteiger partial charge in [0, 0.05) is 0 Å². The fraction of sp³-hybridized carbons (Fsp3) is 0.625. The van der Waals surface area contributed by atoms with Crippen LogP contribution in [0.5, 0.6) is 0 Å². The van der Waals surface area contributed by atoms with E-state index in [9.17, 15) is 0 Å². The quantitative estimate of drug-likeness (QED) is 0.683. The van der Waals surface area contributed by atoms with Gasteiger partial charge in [0.05, 0.1) is 0 Å². The first kappa shape index (κ1) is 14.2. The maximum atomic E-state index is 5.62. The lowest BCUT2D eigenvalue weighted by atomic mass is 9.78. The Kier molecular flexibility index (Phi) is 6.95. The molecule has 0 bridgehead atoms. The summed E-state index contributed by atoms with van der Waals surface area (Å²) in [6, 6.07) is 0. The van der Waals surface area contributed by atoms with Crippen LogP contribution in [0.3, 0.4) is 0 Å². The Balaban J connectivity index is 2.36. The van der Waals surface area contributed by atoms with Gasteiger partial charge in [-0.3, -0.25) is 0 Å². The van der Waals surface area contributed by atoms with Crippen LogP contribution in [0.25, 0.3) is 0 Å². The van der Waals surface area contributed by atoms with Crippen LogP contribution < -0.4 is 5.73 Å². The second-order valence-corrected chi connectivity index (χ2v) is 5.14. The number of hydrogen-bond acceptors (Lipinski definition) is 1. The average molecular weight is 233 g/mol. The molecule has 1 aliphatic rings. The summed E-state index contributed by atoms with van der Waals surface area (Å²) < 4.78 is 0. The molecular formula is C16H27N. The summed E-state index contributed by atoms with van der Waals surface area (Å²) in [6.07, 6.45) is 16.3. The molecule has 0 heterocycles. The van der Waals surface area contributed by atoms with Crippen molar-refractivity contribution in [3.8, 4) is 0 Å². The summed E-state index contributed by atoms with van der Waals surface area (Å²) in [7, 11) is 0. The summed E-state index contributed by atoms with van der Waals surface area (Å²) in [6.45, 7) is 6.81. The monoisotopic (exact) mass is 233 g/mol. The van der Waals surface area contributed by atoms with Crippen molar-refractivity contribution in [2.24, 2.45) is 17.6 Å². The Labute approximate surface area is 106 Å². The Morgan fingerprint density at radius 3 is 2.41 bits per heavy atom. The van der Waals surface area contributed by atoms with Gasteiger partial charge in [-0.2, -0.15) is 0 Å². The molecule has 2 N–H and O–H groups in total. The molecule has 1 rings (SSSR count). The fourth-order valence-corrected chi connectivity index (χ4v) is 2.73. The van der Waals surface area contributed by atoms with E-state index in [1.54, 1.807) is 0 Å². The topological polar surface area (TPSA) is 26.0 Å². The normalized spacial score (nSPS) is 26.4. The first-order valence-corrected chi connectivity index (χ1v) is 6.94. The lowest BCUT2D eigenvalue weighted by Gasteiger charge is -2.28. The molecule has 0 unspecified atom stereocenters. The Bertz CT molecular complexity index is 267. The summed E-state index contributed by atoms with van der Waals surface area (Å²) in [4.78, 5) is 0. The number of rotatable bonds is 6. The van der Waals surface area contributed by atoms with Crippen molar-refractivity contribution in [3.63, 3.8) is 0 Å². The predicted molar refractivity (Wildman–Crippen MR) is 76.8 cm³/mol. The third-order valence-corrected chi connectivity index (χ3v) is 3.83. The Morgan fingerprint density at radius 2 is 1.88 bits per heavy atom. The third-order valence-electron chi connectivity index (χ3n) is 3.83. The zero-order valence-corrected chi connectivity index (χ0v) is 11.2. The van der Waals surface area contributed by atoms with Gasteiger partial charge in [-0.05, 0) is 56.6 Å². The number of allylic oxidation sites excluding steroid dienone is 5. The van der Waals surface area contributed by atoms with E-state index in [2.05, 4.69) is 31.7 Å². The maximum Gasteiger partial charge on any atom is -0.00746 e. The molecule has 0 aromatic carbocycles. The van der Waals surface area contributed by atoms with E-state index in [-0.39, 0.29) is 0 Å². The van der Waals surface area contributed by atoms with Crippen molar-refractivity contribution in [2.75, 3.05) is 6.54 Å². The zero-order chi connectivity index (χ0) is 12.5. The summed E-state index contributed by atoms with van der Waals surface area (Å²) in [5.74, 6) is 1.75. The van der Waals surface area contributed by atoms with Crippen LogP contribution in [0.2, 0.25) is 0 Å². The van der Waals surface area contributed by atoms with Gasteiger partial charge in [0.25, 0.3) is 0 Å². The van der Waals surface area contributed by atoms with Gasteiger partial charge in [0.1, 0.15) is 0 Å². The SMILES string of the molecule is C=C/C(=C\C=C\C)CC1CCC(CCN)CC1. The van der Waals surface area contributed by atoms with Crippen LogP contribution in [-0.2, 0) is 0 Å². The summed E-state index contributed by atoms with van der Waals surface area (Å²) >= 11 is 0. The highest BCUT2D eigenvalue weighted by Gasteiger charge is 2.20. The molecule has 1 saturated carbocycles. The molecule has 96 valence electrons. The van der Waals surface area contributed by atoms with E-state index in [0.717, 1.165) is 18.4 Å². The van der Waals surface area contributed by atoms with E-state index in [1.807, 2.05) is 6.08 Å². The molecule has 0 aliphatic heterocycles. The highest BCUT2D eigenvalue weighted by Crippen LogP contribution is 2.34.